The SMILES string of the molecule is CC.CC.Cc1ccccc1C.O=C(NC1CCOc2cccnc21)c1csc(C(=O)O)n1. The molecule has 1 aliphatic heterocycles. The number of aryl methyl sites for hydroxylation is 2. The second-order valence-corrected chi connectivity index (χ2v) is 7.34. The maximum absolute atomic E-state index is 12.1. The van der Waals surface area contributed by atoms with Crippen LogP contribution in [0.5, 0.6) is 5.75 Å². The molecular formula is C25H33N3O4S. The van der Waals surface area contributed by atoms with Crippen molar-refractivity contribution in [3.63, 3.8) is 0 Å². The number of pyridine rings is 1. The Morgan fingerprint density at radius 3 is 2.24 bits per heavy atom. The highest BCUT2D eigenvalue weighted by Gasteiger charge is 2.25. The zero-order valence-corrected chi connectivity index (χ0v) is 20.9. The molecule has 0 spiro atoms. The Morgan fingerprint density at radius 2 is 1.70 bits per heavy atom. The lowest BCUT2D eigenvalue weighted by molar-refractivity contribution is 0.0696. The Labute approximate surface area is 199 Å². The third-order valence-corrected chi connectivity index (χ3v) is 5.27. The van der Waals surface area contributed by atoms with Crippen molar-refractivity contribution in [3.8, 4) is 5.75 Å². The lowest BCUT2D eigenvalue weighted by Gasteiger charge is -2.25. The quantitative estimate of drug-likeness (QED) is 0.497. The van der Waals surface area contributed by atoms with Gasteiger partial charge in [0.05, 0.1) is 12.6 Å². The highest BCUT2D eigenvalue weighted by atomic mass is 32.1. The Hall–Kier alpha value is -3.26. The summed E-state index contributed by atoms with van der Waals surface area (Å²) in [6.45, 7) is 12.7. The maximum Gasteiger partial charge on any atom is 0.365 e. The molecular weight excluding hydrogens is 438 g/mol. The van der Waals surface area contributed by atoms with Crippen LogP contribution in [0, 0.1) is 13.8 Å². The van der Waals surface area contributed by atoms with Gasteiger partial charge in [-0.15, -0.1) is 11.3 Å². The normalized spacial score (nSPS) is 13.2. The van der Waals surface area contributed by atoms with Crippen molar-refractivity contribution < 1.29 is 19.4 Å². The number of rotatable bonds is 3. The minimum absolute atomic E-state index is 0.0985. The molecule has 1 atom stereocenters. The molecule has 8 heteroatoms. The van der Waals surface area contributed by atoms with Crippen molar-refractivity contribution in [1.82, 2.24) is 15.3 Å². The van der Waals surface area contributed by atoms with Crippen LogP contribution in [-0.2, 0) is 0 Å². The Kier molecular flexibility index (Phi) is 12.4. The van der Waals surface area contributed by atoms with Crippen molar-refractivity contribution in [3.05, 3.63) is 75.5 Å². The number of carbonyl (C=O) groups is 2. The van der Waals surface area contributed by atoms with Gasteiger partial charge in [-0.2, -0.15) is 0 Å². The molecule has 0 fully saturated rings. The number of carboxylic acid groups (broad SMARTS) is 1. The summed E-state index contributed by atoms with van der Waals surface area (Å²) in [4.78, 5) is 30.9. The Balaban J connectivity index is 0.000000380. The first-order valence-electron chi connectivity index (χ1n) is 11.1. The number of aromatic nitrogens is 2. The van der Waals surface area contributed by atoms with E-state index in [0.29, 0.717) is 24.5 Å². The monoisotopic (exact) mass is 471 g/mol. The topological polar surface area (TPSA) is 101 Å². The minimum Gasteiger partial charge on any atom is -0.491 e. The van der Waals surface area contributed by atoms with Crippen molar-refractivity contribution in [1.29, 1.82) is 0 Å². The van der Waals surface area contributed by atoms with E-state index in [1.165, 1.54) is 16.5 Å². The van der Waals surface area contributed by atoms with Crippen LogP contribution in [0.15, 0.2) is 48.0 Å². The number of amides is 1. The van der Waals surface area contributed by atoms with Gasteiger partial charge in [-0.25, -0.2) is 9.78 Å². The van der Waals surface area contributed by atoms with Gasteiger partial charge in [0.1, 0.15) is 17.1 Å². The summed E-state index contributed by atoms with van der Waals surface area (Å²) in [7, 11) is 0. The second kappa shape index (κ2) is 14.7. The van der Waals surface area contributed by atoms with Crippen LogP contribution in [0.1, 0.15) is 77.3 Å². The van der Waals surface area contributed by atoms with Gasteiger partial charge in [0.25, 0.3) is 5.91 Å². The fourth-order valence-corrected chi connectivity index (χ4v) is 3.36. The molecule has 3 heterocycles. The molecule has 1 amide bonds. The molecule has 1 aromatic carbocycles. The second-order valence-electron chi connectivity index (χ2n) is 6.48. The van der Waals surface area contributed by atoms with E-state index in [9.17, 15) is 9.59 Å². The van der Waals surface area contributed by atoms with Crippen molar-refractivity contribution in [2.45, 2.75) is 54.0 Å². The summed E-state index contributed by atoms with van der Waals surface area (Å²) < 4.78 is 5.47. The van der Waals surface area contributed by atoms with Crippen LogP contribution in [0.25, 0.3) is 0 Å². The number of carbonyl (C=O) groups excluding carboxylic acids is 1. The fourth-order valence-electron chi connectivity index (χ4n) is 2.72. The molecule has 33 heavy (non-hydrogen) atoms. The van der Waals surface area contributed by atoms with E-state index in [0.717, 1.165) is 11.3 Å². The Bertz CT molecular complexity index is 999. The van der Waals surface area contributed by atoms with E-state index in [1.54, 1.807) is 18.3 Å². The van der Waals surface area contributed by atoms with E-state index in [-0.39, 0.29) is 16.7 Å². The molecule has 0 aliphatic carbocycles. The molecule has 0 bridgehead atoms. The van der Waals surface area contributed by atoms with Gasteiger partial charge in [0.2, 0.25) is 5.01 Å². The van der Waals surface area contributed by atoms with Gasteiger partial charge < -0.3 is 15.2 Å². The molecule has 0 saturated carbocycles. The average Bonchev–Trinajstić information content (AvgIpc) is 3.35. The summed E-state index contributed by atoms with van der Waals surface area (Å²) in [5, 5.41) is 13.0. The number of ether oxygens (including phenoxy) is 1. The molecule has 0 saturated heterocycles. The fraction of sp³-hybridized carbons (Fsp3) is 0.360. The molecule has 1 unspecified atom stereocenters. The summed E-state index contributed by atoms with van der Waals surface area (Å²) >= 11 is 0.922. The number of carboxylic acids is 1. The van der Waals surface area contributed by atoms with E-state index >= 15 is 0 Å². The van der Waals surface area contributed by atoms with Crippen LogP contribution in [0.3, 0.4) is 0 Å². The van der Waals surface area contributed by atoms with Gasteiger partial charge in [-0.3, -0.25) is 9.78 Å². The zero-order chi connectivity index (χ0) is 24.8. The minimum atomic E-state index is -1.14. The van der Waals surface area contributed by atoms with Crippen LogP contribution in [0.2, 0.25) is 0 Å². The van der Waals surface area contributed by atoms with Crippen LogP contribution in [-0.4, -0.2) is 33.6 Å². The first-order chi connectivity index (χ1) is 16.0. The number of nitrogens with zero attached hydrogens (tertiary/aromatic N) is 2. The number of thiazole rings is 1. The van der Waals surface area contributed by atoms with Crippen molar-refractivity contribution in [2.24, 2.45) is 0 Å². The largest absolute Gasteiger partial charge is 0.491 e. The van der Waals surface area contributed by atoms with Gasteiger partial charge in [-0.05, 0) is 37.1 Å². The van der Waals surface area contributed by atoms with Crippen LogP contribution >= 0.6 is 11.3 Å². The van der Waals surface area contributed by atoms with Gasteiger partial charge in [0, 0.05) is 18.0 Å². The first-order valence-corrected chi connectivity index (χ1v) is 11.9. The summed E-state index contributed by atoms with van der Waals surface area (Å²) in [5.74, 6) is -0.905. The molecule has 178 valence electrons. The maximum atomic E-state index is 12.1. The number of hydrogen-bond acceptors (Lipinski definition) is 6. The average molecular weight is 472 g/mol. The van der Waals surface area contributed by atoms with E-state index in [2.05, 4.69) is 53.4 Å². The van der Waals surface area contributed by atoms with Crippen molar-refractivity contribution >= 4 is 23.2 Å². The smallest absolute Gasteiger partial charge is 0.365 e. The third-order valence-electron chi connectivity index (χ3n) is 4.44. The van der Waals surface area contributed by atoms with E-state index in [4.69, 9.17) is 9.84 Å². The Morgan fingerprint density at radius 1 is 1.06 bits per heavy atom. The summed E-state index contributed by atoms with van der Waals surface area (Å²) in [6.07, 6.45) is 2.24. The molecule has 4 rings (SSSR count). The van der Waals surface area contributed by atoms with Gasteiger partial charge >= 0.3 is 5.97 Å². The highest BCUT2D eigenvalue weighted by Crippen LogP contribution is 2.29. The molecule has 2 aromatic heterocycles. The van der Waals surface area contributed by atoms with Gasteiger partial charge in [0.15, 0.2) is 0 Å². The lowest BCUT2D eigenvalue weighted by Crippen LogP contribution is -2.33. The lowest BCUT2D eigenvalue weighted by atomic mass is 10.1. The van der Waals surface area contributed by atoms with E-state index in [1.807, 2.05) is 27.7 Å². The molecule has 3 aromatic rings. The summed E-state index contributed by atoms with van der Waals surface area (Å²) in [6, 6.07) is 11.7. The number of nitrogens with one attached hydrogen (secondary N) is 1. The number of fused-ring (bicyclic) bond motifs is 1. The predicted molar refractivity (Wildman–Crippen MR) is 132 cm³/mol. The highest BCUT2D eigenvalue weighted by molar-refractivity contribution is 7.11. The van der Waals surface area contributed by atoms with Crippen LogP contribution in [0.4, 0.5) is 0 Å². The van der Waals surface area contributed by atoms with Crippen molar-refractivity contribution in [2.75, 3.05) is 6.61 Å². The zero-order valence-electron chi connectivity index (χ0n) is 20.1. The summed E-state index contributed by atoms with van der Waals surface area (Å²) in [5.41, 5.74) is 3.51. The van der Waals surface area contributed by atoms with E-state index < -0.39 is 11.9 Å². The third kappa shape index (κ3) is 8.31. The molecule has 2 N–H and O–H groups in total. The molecule has 1 aliphatic rings. The first kappa shape index (κ1) is 27.8. The molecule has 0 radical (unpaired) electrons. The van der Waals surface area contributed by atoms with Crippen LogP contribution < -0.4 is 10.1 Å². The molecule has 7 nitrogen and oxygen atoms in total. The number of benzene rings is 1. The number of aromatic carboxylic acids is 1. The van der Waals surface area contributed by atoms with Gasteiger partial charge in [-0.1, -0.05) is 52.0 Å². The number of hydrogen-bond donors (Lipinski definition) is 2. The predicted octanol–water partition coefficient (Wildman–Crippen LogP) is 5.85. The standard InChI is InChI=1S/C13H11N3O4S.C8H10.2C2H6/c17-11(8-6-21-12(16-8)13(18)19)15-7-3-5-20-9-2-1-4-14-10(7)9;1-7-5-3-4-6-8(7)2;2*1-2/h1-2,4,6-7H,3,5H2,(H,15,17)(H,18,19);3-6H,1-2H3;2*1-2H3.